The highest BCUT2D eigenvalue weighted by atomic mass is 16.5. The van der Waals surface area contributed by atoms with Crippen LogP contribution in [0.5, 0.6) is 0 Å². The van der Waals surface area contributed by atoms with Gasteiger partial charge in [0.2, 0.25) is 0 Å². The van der Waals surface area contributed by atoms with Gasteiger partial charge in [0.1, 0.15) is 5.69 Å². The average molecular weight is 295 g/mol. The number of carbonyl (C=O) groups is 1. The first-order valence-corrected chi connectivity index (χ1v) is 7.04. The van der Waals surface area contributed by atoms with Gasteiger partial charge >= 0.3 is 5.69 Å². The normalized spacial score (nSPS) is 22.0. The van der Waals surface area contributed by atoms with Crippen molar-refractivity contribution in [2.45, 2.75) is 37.8 Å². The fraction of sp³-hybridized carbons (Fsp3) is 0.643. The van der Waals surface area contributed by atoms with E-state index in [4.69, 9.17) is 4.74 Å². The number of hydrogen-bond acceptors (Lipinski definition) is 4. The minimum absolute atomic E-state index is 0.0584. The van der Waals surface area contributed by atoms with E-state index in [2.05, 4.69) is 5.32 Å². The number of amides is 1. The van der Waals surface area contributed by atoms with Crippen LogP contribution in [0, 0.1) is 0 Å². The van der Waals surface area contributed by atoms with Gasteiger partial charge in [0.05, 0.1) is 6.10 Å². The molecule has 0 unspecified atom stereocenters. The van der Waals surface area contributed by atoms with Crippen LogP contribution in [0.4, 0.5) is 0 Å². The first kappa shape index (κ1) is 15.5. The lowest BCUT2D eigenvalue weighted by atomic mass is 9.93. The van der Waals surface area contributed by atoms with Crippen molar-refractivity contribution in [1.82, 2.24) is 14.5 Å². The van der Waals surface area contributed by atoms with Crippen molar-refractivity contribution in [2.24, 2.45) is 14.1 Å². The smallest absolute Gasteiger partial charge is 0.331 e. The van der Waals surface area contributed by atoms with Gasteiger partial charge in [0, 0.05) is 33.3 Å². The van der Waals surface area contributed by atoms with Gasteiger partial charge in [-0.05, 0) is 25.7 Å². The van der Waals surface area contributed by atoms with E-state index in [9.17, 15) is 14.4 Å². The van der Waals surface area contributed by atoms with E-state index in [0.29, 0.717) is 0 Å². The molecule has 0 atom stereocenters. The molecule has 0 aliphatic heterocycles. The maximum Gasteiger partial charge on any atom is 0.331 e. The highest BCUT2D eigenvalue weighted by molar-refractivity contribution is 5.92. The third-order valence-electron chi connectivity index (χ3n) is 4.10. The molecule has 1 aromatic heterocycles. The van der Waals surface area contributed by atoms with Crippen molar-refractivity contribution in [1.29, 1.82) is 0 Å². The Labute approximate surface area is 122 Å². The number of hydrogen-bond donors (Lipinski definition) is 1. The summed E-state index contributed by atoms with van der Waals surface area (Å²) in [5.41, 5.74) is -0.890. The van der Waals surface area contributed by atoms with Crippen molar-refractivity contribution in [3.05, 3.63) is 32.6 Å². The summed E-state index contributed by atoms with van der Waals surface area (Å²) < 4.78 is 7.46. The topological polar surface area (TPSA) is 82.3 Å². The number of carbonyl (C=O) groups excluding carboxylic acids is 1. The van der Waals surface area contributed by atoms with Crippen LogP contribution in [0.1, 0.15) is 36.2 Å². The second-order valence-corrected chi connectivity index (χ2v) is 5.45. The predicted octanol–water partition coefficient (Wildman–Crippen LogP) is -0.229. The van der Waals surface area contributed by atoms with Crippen molar-refractivity contribution in [2.75, 3.05) is 7.11 Å². The monoisotopic (exact) mass is 295 g/mol. The summed E-state index contributed by atoms with van der Waals surface area (Å²) >= 11 is 0. The zero-order valence-corrected chi connectivity index (χ0v) is 12.6. The number of aromatic nitrogens is 2. The van der Waals surface area contributed by atoms with Crippen LogP contribution >= 0.6 is 0 Å². The van der Waals surface area contributed by atoms with Gasteiger partial charge in [0.25, 0.3) is 11.5 Å². The number of nitrogens with zero attached hydrogens (tertiary/aromatic N) is 2. The predicted molar refractivity (Wildman–Crippen MR) is 77.4 cm³/mol. The Kier molecular flexibility index (Phi) is 4.62. The Morgan fingerprint density at radius 3 is 2.38 bits per heavy atom. The van der Waals surface area contributed by atoms with Gasteiger partial charge in [-0.1, -0.05) is 0 Å². The van der Waals surface area contributed by atoms with Crippen molar-refractivity contribution >= 4 is 5.91 Å². The van der Waals surface area contributed by atoms with Gasteiger partial charge < -0.3 is 10.1 Å². The fourth-order valence-corrected chi connectivity index (χ4v) is 2.65. The summed E-state index contributed by atoms with van der Waals surface area (Å²) in [6.07, 6.45) is 3.73. The Balaban J connectivity index is 2.12. The zero-order chi connectivity index (χ0) is 15.6. The maximum absolute atomic E-state index is 12.3. The maximum atomic E-state index is 12.3. The Morgan fingerprint density at radius 1 is 1.19 bits per heavy atom. The van der Waals surface area contributed by atoms with Crippen LogP contribution in [0.25, 0.3) is 0 Å². The molecule has 2 rings (SSSR count). The molecule has 0 radical (unpaired) electrons. The molecule has 116 valence electrons. The molecular weight excluding hydrogens is 274 g/mol. The van der Waals surface area contributed by atoms with Crippen LogP contribution < -0.4 is 16.6 Å². The summed E-state index contributed by atoms with van der Waals surface area (Å²) in [4.78, 5) is 35.7. The molecule has 1 saturated carbocycles. The summed E-state index contributed by atoms with van der Waals surface area (Å²) in [6.45, 7) is 0. The fourth-order valence-electron chi connectivity index (χ4n) is 2.65. The third-order valence-corrected chi connectivity index (χ3v) is 4.10. The molecule has 1 N–H and O–H groups in total. The van der Waals surface area contributed by atoms with E-state index in [1.54, 1.807) is 7.11 Å². The van der Waals surface area contributed by atoms with E-state index in [1.807, 2.05) is 0 Å². The zero-order valence-electron chi connectivity index (χ0n) is 12.6. The van der Waals surface area contributed by atoms with Crippen LogP contribution in [-0.2, 0) is 18.8 Å². The molecule has 1 aliphatic carbocycles. The summed E-state index contributed by atoms with van der Waals surface area (Å²) in [7, 11) is 4.57. The Morgan fingerprint density at radius 2 is 1.81 bits per heavy atom. The van der Waals surface area contributed by atoms with Crippen LogP contribution in [0.2, 0.25) is 0 Å². The van der Waals surface area contributed by atoms with Crippen LogP contribution in [0.3, 0.4) is 0 Å². The van der Waals surface area contributed by atoms with Gasteiger partial charge in [-0.3, -0.25) is 18.7 Å². The van der Waals surface area contributed by atoms with Crippen molar-refractivity contribution in [3.63, 3.8) is 0 Å². The lowest BCUT2D eigenvalue weighted by Gasteiger charge is -2.28. The van der Waals surface area contributed by atoms with Gasteiger partial charge in [-0.2, -0.15) is 0 Å². The van der Waals surface area contributed by atoms with Crippen LogP contribution in [0.15, 0.2) is 15.7 Å². The van der Waals surface area contributed by atoms with E-state index < -0.39 is 11.2 Å². The molecule has 21 heavy (non-hydrogen) atoms. The standard InChI is InChI=1S/C14H21N3O4/c1-16-11(8-12(18)17(2)14(16)20)13(19)15-9-4-6-10(21-3)7-5-9/h8-10H,4-7H2,1-3H3,(H,15,19). The quantitative estimate of drug-likeness (QED) is 0.835. The number of rotatable bonds is 3. The first-order chi connectivity index (χ1) is 9.93. The molecule has 7 nitrogen and oxygen atoms in total. The molecule has 0 saturated heterocycles. The van der Waals surface area contributed by atoms with E-state index in [-0.39, 0.29) is 23.7 Å². The lowest BCUT2D eigenvalue weighted by molar-refractivity contribution is 0.0597. The van der Waals surface area contributed by atoms with Gasteiger partial charge in [-0.15, -0.1) is 0 Å². The molecule has 1 heterocycles. The molecule has 1 fully saturated rings. The largest absolute Gasteiger partial charge is 0.381 e. The average Bonchev–Trinajstić information content (AvgIpc) is 2.49. The van der Waals surface area contributed by atoms with Crippen molar-refractivity contribution in [3.8, 4) is 0 Å². The molecule has 0 aromatic carbocycles. The molecule has 1 aromatic rings. The minimum atomic E-state index is -0.504. The second kappa shape index (κ2) is 6.26. The highest BCUT2D eigenvalue weighted by Gasteiger charge is 2.23. The molecule has 0 spiro atoms. The SMILES string of the molecule is COC1CCC(NC(=O)c2cc(=O)n(C)c(=O)n2C)CC1. The number of nitrogens with one attached hydrogen (secondary N) is 1. The van der Waals surface area contributed by atoms with E-state index in [0.717, 1.165) is 30.3 Å². The molecule has 1 aliphatic rings. The molecule has 1 amide bonds. The number of ether oxygens (including phenoxy) is 1. The molecule has 7 heteroatoms. The van der Waals surface area contributed by atoms with Crippen molar-refractivity contribution < 1.29 is 9.53 Å². The summed E-state index contributed by atoms with van der Waals surface area (Å²) in [5.74, 6) is -0.381. The lowest BCUT2D eigenvalue weighted by Crippen LogP contribution is -2.44. The first-order valence-electron chi connectivity index (χ1n) is 7.04. The molecular formula is C14H21N3O4. The highest BCUT2D eigenvalue weighted by Crippen LogP contribution is 2.20. The summed E-state index contributed by atoms with van der Waals surface area (Å²) in [6, 6.07) is 1.25. The Hall–Kier alpha value is -1.89. The Bertz CT molecular complexity index is 639. The van der Waals surface area contributed by atoms with Gasteiger partial charge in [-0.25, -0.2) is 4.79 Å². The minimum Gasteiger partial charge on any atom is -0.381 e. The summed E-state index contributed by atoms with van der Waals surface area (Å²) in [5, 5.41) is 2.89. The van der Waals surface area contributed by atoms with Crippen LogP contribution in [-0.4, -0.2) is 34.3 Å². The third kappa shape index (κ3) is 3.24. The van der Waals surface area contributed by atoms with E-state index in [1.165, 1.54) is 24.7 Å². The number of methoxy groups -OCH3 is 1. The van der Waals surface area contributed by atoms with Gasteiger partial charge in [0.15, 0.2) is 0 Å². The molecule has 0 bridgehead atoms. The second-order valence-electron chi connectivity index (χ2n) is 5.45. The van der Waals surface area contributed by atoms with E-state index >= 15 is 0 Å².